The Labute approximate surface area is 140 Å². The fraction of sp³-hybridized carbons (Fsp3) is 0.0526. The number of allylic oxidation sites excluding steroid dienone is 1. The lowest BCUT2D eigenvalue weighted by atomic mass is 10.1. The molecule has 0 aliphatic rings. The number of aromatic nitrogens is 2. The number of nitrogens with zero attached hydrogens (tertiary/aromatic N) is 3. The van der Waals surface area contributed by atoms with E-state index in [9.17, 15) is 0 Å². The van der Waals surface area contributed by atoms with E-state index in [1.54, 1.807) is 0 Å². The quantitative estimate of drug-likeness (QED) is 0.525. The van der Waals surface area contributed by atoms with Gasteiger partial charge in [-0.05, 0) is 23.3 Å². The molecule has 23 heavy (non-hydrogen) atoms. The van der Waals surface area contributed by atoms with Crippen molar-refractivity contribution in [2.45, 2.75) is 6.54 Å². The summed E-state index contributed by atoms with van der Waals surface area (Å²) in [6.45, 7) is 0.710. The van der Waals surface area contributed by atoms with Crippen LogP contribution in [0.2, 0.25) is 0 Å². The molecule has 4 heteroatoms. The zero-order chi connectivity index (χ0) is 16.1. The summed E-state index contributed by atoms with van der Waals surface area (Å²) in [7, 11) is 0. The van der Waals surface area contributed by atoms with Gasteiger partial charge in [0.1, 0.15) is 0 Å². The molecule has 1 heterocycles. The first-order valence-corrected chi connectivity index (χ1v) is 7.68. The average molecular weight is 317 g/mol. The Kier molecular flexibility index (Phi) is 4.51. The van der Waals surface area contributed by atoms with Crippen molar-refractivity contribution in [1.29, 1.82) is 5.26 Å². The molecule has 0 unspecified atom stereocenters. The summed E-state index contributed by atoms with van der Waals surface area (Å²) in [6, 6.07) is 22.1. The number of rotatable bonds is 4. The highest BCUT2D eigenvalue weighted by Gasteiger charge is 2.08. The molecular weight excluding hydrogens is 302 g/mol. The van der Waals surface area contributed by atoms with Crippen LogP contribution in [-0.2, 0) is 6.54 Å². The summed E-state index contributed by atoms with van der Waals surface area (Å²) in [5, 5.41) is 9.11. The van der Waals surface area contributed by atoms with Crippen LogP contribution in [0.1, 0.15) is 11.1 Å². The minimum atomic E-state index is 0.666. The Hall–Kier alpha value is -2.90. The first kappa shape index (κ1) is 15.0. The topological polar surface area (TPSA) is 33.6 Å². The molecule has 0 bridgehead atoms. The van der Waals surface area contributed by atoms with Gasteiger partial charge in [0.05, 0.1) is 11.8 Å². The molecule has 0 spiro atoms. The lowest BCUT2D eigenvalue weighted by Crippen LogP contribution is -2.03. The van der Waals surface area contributed by atoms with Gasteiger partial charge < -0.3 is 4.57 Å². The molecule has 0 N–H and O–H groups in total. The molecule has 0 amide bonds. The molecule has 112 valence electrons. The number of hydrogen-bond donors (Lipinski definition) is 0. The molecule has 0 radical (unpaired) electrons. The van der Waals surface area contributed by atoms with Gasteiger partial charge in [-0.1, -0.05) is 60.7 Å². The Morgan fingerprint density at radius 2 is 1.65 bits per heavy atom. The highest BCUT2D eigenvalue weighted by Crippen LogP contribution is 2.18. The second-order valence-corrected chi connectivity index (χ2v) is 5.45. The molecule has 2 aromatic carbocycles. The van der Waals surface area contributed by atoms with Crippen LogP contribution in [0.4, 0.5) is 0 Å². The maximum atomic E-state index is 9.11. The van der Waals surface area contributed by atoms with E-state index in [1.165, 1.54) is 11.6 Å². The van der Waals surface area contributed by atoms with Crippen molar-refractivity contribution in [1.82, 2.24) is 9.13 Å². The van der Waals surface area contributed by atoms with Crippen LogP contribution >= 0.6 is 12.2 Å². The van der Waals surface area contributed by atoms with Gasteiger partial charge in [0.15, 0.2) is 4.77 Å². The van der Waals surface area contributed by atoms with Gasteiger partial charge in [0.25, 0.3) is 0 Å². The fourth-order valence-electron chi connectivity index (χ4n) is 2.46. The number of nitriles is 1. The van der Waals surface area contributed by atoms with Crippen molar-refractivity contribution in [3.63, 3.8) is 0 Å². The normalized spacial score (nSPS) is 11.2. The maximum Gasteiger partial charge on any atom is 0.184 e. The van der Waals surface area contributed by atoms with Crippen molar-refractivity contribution < 1.29 is 0 Å². The number of hydrogen-bond acceptors (Lipinski definition) is 2. The van der Waals surface area contributed by atoms with E-state index in [-0.39, 0.29) is 0 Å². The van der Waals surface area contributed by atoms with Crippen molar-refractivity contribution in [2.24, 2.45) is 0 Å². The Bertz CT molecular complexity index is 912. The average Bonchev–Trinajstić information content (AvgIpc) is 2.95. The second kappa shape index (κ2) is 6.91. The minimum Gasteiger partial charge on any atom is -0.319 e. The van der Waals surface area contributed by atoms with Crippen molar-refractivity contribution >= 4 is 17.9 Å². The molecule has 3 rings (SSSR count). The predicted octanol–water partition coefficient (Wildman–Crippen LogP) is 4.48. The van der Waals surface area contributed by atoms with E-state index >= 15 is 0 Å². The lowest BCUT2D eigenvalue weighted by molar-refractivity contribution is 0.771. The van der Waals surface area contributed by atoms with Crippen molar-refractivity contribution in [3.8, 4) is 6.07 Å². The smallest absolute Gasteiger partial charge is 0.184 e. The fourth-order valence-corrected chi connectivity index (χ4v) is 2.74. The van der Waals surface area contributed by atoms with Crippen LogP contribution in [-0.4, -0.2) is 9.13 Å². The van der Waals surface area contributed by atoms with Crippen LogP contribution in [0.5, 0.6) is 0 Å². The SMILES string of the molecule is N#C/C=C(/c1ccccc1)n1ccn(Cc2ccccc2)c1=S. The molecular formula is C19H15N3S. The molecule has 0 fully saturated rings. The zero-order valence-electron chi connectivity index (χ0n) is 12.5. The molecule has 1 aromatic heterocycles. The predicted molar refractivity (Wildman–Crippen MR) is 94.2 cm³/mol. The third-order valence-electron chi connectivity index (χ3n) is 3.57. The van der Waals surface area contributed by atoms with Crippen LogP contribution in [0.15, 0.2) is 79.1 Å². The molecule has 0 saturated carbocycles. The van der Waals surface area contributed by atoms with Crippen LogP contribution < -0.4 is 0 Å². The van der Waals surface area contributed by atoms with Crippen LogP contribution in [0.25, 0.3) is 5.70 Å². The summed E-state index contributed by atoms with van der Waals surface area (Å²) in [5.41, 5.74) is 2.93. The van der Waals surface area contributed by atoms with Crippen molar-refractivity contribution in [2.75, 3.05) is 0 Å². The lowest BCUT2D eigenvalue weighted by Gasteiger charge is -2.08. The van der Waals surface area contributed by atoms with Gasteiger partial charge in [0, 0.05) is 25.0 Å². The zero-order valence-corrected chi connectivity index (χ0v) is 13.3. The van der Waals surface area contributed by atoms with E-state index in [4.69, 9.17) is 17.5 Å². The van der Waals surface area contributed by atoms with E-state index in [1.807, 2.05) is 70.1 Å². The summed E-state index contributed by atoms with van der Waals surface area (Å²) in [5.74, 6) is 0. The number of benzene rings is 2. The summed E-state index contributed by atoms with van der Waals surface area (Å²) in [4.78, 5) is 0. The van der Waals surface area contributed by atoms with Gasteiger partial charge in [-0.3, -0.25) is 4.57 Å². The minimum absolute atomic E-state index is 0.666. The standard InChI is InChI=1S/C19H15N3S/c20-12-11-18(17-9-5-2-6-10-17)22-14-13-21(19(22)23)15-16-7-3-1-4-8-16/h1-11,13-14H,15H2/b18-11-. The van der Waals surface area contributed by atoms with E-state index in [0.717, 1.165) is 11.3 Å². The Morgan fingerprint density at radius 3 is 2.30 bits per heavy atom. The van der Waals surface area contributed by atoms with Gasteiger partial charge in [-0.2, -0.15) is 5.26 Å². The summed E-state index contributed by atoms with van der Waals surface area (Å²) in [6.07, 6.45) is 5.38. The molecule has 3 aromatic rings. The molecule has 0 saturated heterocycles. The highest BCUT2D eigenvalue weighted by molar-refractivity contribution is 7.71. The van der Waals surface area contributed by atoms with Gasteiger partial charge in [-0.15, -0.1) is 0 Å². The van der Waals surface area contributed by atoms with Gasteiger partial charge in [0.2, 0.25) is 0 Å². The van der Waals surface area contributed by atoms with Gasteiger partial charge in [-0.25, -0.2) is 0 Å². The maximum absolute atomic E-state index is 9.11. The third kappa shape index (κ3) is 3.31. The molecule has 3 nitrogen and oxygen atoms in total. The monoisotopic (exact) mass is 317 g/mol. The van der Waals surface area contributed by atoms with Crippen LogP contribution in [0, 0.1) is 16.1 Å². The highest BCUT2D eigenvalue weighted by atomic mass is 32.1. The van der Waals surface area contributed by atoms with E-state index < -0.39 is 0 Å². The van der Waals surface area contributed by atoms with Crippen LogP contribution in [0.3, 0.4) is 0 Å². The van der Waals surface area contributed by atoms with E-state index in [0.29, 0.717) is 11.3 Å². The molecule has 0 atom stereocenters. The number of imidazole rings is 1. The Balaban J connectivity index is 1.99. The first-order chi connectivity index (χ1) is 11.3. The molecule has 0 aliphatic carbocycles. The second-order valence-electron chi connectivity index (χ2n) is 5.09. The molecule has 0 aliphatic heterocycles. The third-order valence-corrected chi connectivity index (χ3v) is 4.00. The summed E-state index contributed by atoms with van der Waals surface area (Å²) < 4.78 is 4.54. The summed E-state index contributed by atoms with van der Waals surface area (Å²) >= 11 is 5.59. The van der Waals surface area contributed by atoms with E-state index in [2.05, 4.69) is 18.2 Å². The first-order valence-electron chi connectivity index (χ1n) is 7.27. The van der Waals surface area contributed by atoms with Gasteiger partial charge >= 0.3 is 0 Å². The van der Waals surface area contributed by atoms with Crippen molar-refractivity contribution in [3.05, 3.63) is 95.0 Å². The largest absolute Gasteiger partial charge is 0.319 e. The Morgan fingerprint density at radius 1 is 1.00 bits per heavy atom.